The third-order valence-corrected chi connectivity index (χ3v) is 5.07. The minimum Gasteiger partial charge on any atom is -0.444 e. The number of piperazine rings is 1. The summed E-state index contributed by atoms with van der Waals surface area (Å²) in [5.74, 6) is 0.584. The van der Waals surface area contributed by atoms with Crippen molar-refractivity contribution in [1.29, 1.82) is 0 Å². The molecular formula is C21H27N5O3. The van der Waals surface area contributed by atoms with Crippen LogP contribution in [0.2, 0.25) is 0 Å². The predicted molar refractivity (Wildman–Crippen MR) is 109 cm³/mol. The van der Waals surface area contributed by atoms with Crippen LogP contribution >= 0.6 is 0 Å². The molecule has 1 fully saturated rings. The Hall–Kier alpha value is -2.74. The van der Waals surface area contributed by atoms with E-state index >= 15 is 0 Å². The summed E-state index contributed by atoms with van der Waals surface area (Å²) < 4.78 is 11.1. The summed E-state index contributed by atoms with van der Waals surface area (Å²) >= 11 is 0. The van der Waals surface area contributed by atoms with Crippen molar-refractivity contribution in [2.45, 2.75) is 39.4 Å². The van der Waals surface area contributed by atoms with Gasteiger partial charge in [0.05, 0.1) is 25.1 Å². The maximum absolute atomic E-state index is 12.3. The molecule has 0 saturated carbocycles. The van der Waals surface area contributed by atoms with Gasteiger partial charge in [0.1, 0.15) is 5.60 Å². The molecule has 29 heavy (non-hydrogen) atoms. The Morgan fingerprint density at radius 3 is 2.72 bits per heavy atom. The van der Waals surface area contributed by atoms with E-state index < -0.39 is 5.60 Å². The monoisotopic (exact) mass is 397 g/mol. The number of amides is 1. The molecule has 1 amide bonds. The number of nitrogens with zero attached hydrogens (tertiary/aromatic N) is 5. The second-order valence-corrected chi connectivity index (χ2v) is 8.34. The molecule has 8 nitrogen and oxygen atoms in total. The highest BCUT2D eigenvalue weighted by molar-refractivity contribution is 5.69. The van der Waals surface area contributed by atoms with Crippen molar-refractivity contribution in [3.8, 4) is 11.3 Å². The summed E-state index contributed by atoms with van der Waals surface area (Å²) in [4.78, 5) is 20.8. The van der Waals surface area contributed by atoms with Gasteiger partial charge in [0, 0.05) is 31.7 Å². The number of hydrogen-bond donors (Lipinski definition) is 0. The average molecular weight is 397 g/mol. The highest BCUT2D eigenvalue weighted by atomic mass is 16.6. The topological polar surface area (TPSA) is 80.7 Å². The standard InChI is InChI=1S/C21H27N5O3/c1-21(2,3)29-20(27)26-10-8-25(9-11-26)19-23-18(13-22-24-19)16-6-4-5-15-7-12-28-14-17(15)16/h4-6,13H,7-12,14H2,1-3H3. The minimum atomic E-state index is -0.492. The first-order chi connectivity index (χ1) is 13.9. The Morgan fingerprint density at radius 1 is 1.17 bits per heavy atom. The van der Waals surface area contributed by atoms with Crippen LogP contribution in [0.15, 0.2) is 24.4 Å². The van der Waals surface area contributed by atoms with Gasteiger partial charge in [-0.05, 0) is 38.3 Å². The lowest BCUT2D eigenvalue weighted by Gasteiger charge is -2.35. The number of fused-ring (bicyclic) bond motifs is 1. The summed E-state index contributed by atoms with van der Waals surface area (Å²) in [6, 6.07) is 6.26. The third-order valence-electron chi connectivity index (χ3n) is 5.07. The summed E-state index contributed by atoms with van der Waals surface area (Å²) in [6.07, 6.45) is 2.34. The van der Waals surface area contributed by atoms with Crippen LogP contribution in [0.5, 0.6) is 0 Å². The van der Waals surface area contributed by atoms with Crippen molar-refractivity contribution in [3.63, 3.8) is 0 Å². The average Bonchev–Trinajstić information content (AvgIpc) is 2.72. The third kappa shape index (κ3) is 4.48. The lowest BCUT2D eigenvalue weighted by Crippen LogP contribution is -2.50. The van der Waals surface area contributed by atoms with E-state index in [0.717, 1.165) is 24.3 Å². The van der Waals surface area contributed by atoms with Crippen LogP contribution < -0.4 is 4.90 Å². The second-order valence-electron chi connectivity index (χ2n) is 8.34. The van der Waals surface area contributed by atoms with E-state index in [4.69, 9.17) is 14.5 Å². The maximum Gasteiger partial charge on any atom is 0.410 e. The number of rotatable bonds is 2. The number of carbonyl (C=O) groups excluding carboxylic acids is 1. The van der Waals surface area contributed by atoms with Crippen LogP contribution in [0, 0.1) is 0 Å². The van der Waals surface area contributed by atoms with E-state index in [-0.39, 0.29) is 6.09 Å². The highest BCUT2D eigenvalue weighted by Gasteiger charge is 2.27. The van der Waals surface area contributed by atoms with Gasteiger partial charge in [-0.25, -0.2) is 9.78 Å². The van der Waals surface area contributed by atoms with Gasteiger partial charge in [-0.2, -0.15) is 5.10 Å². The fraction of sp³-hybridized carbons (Fsp3) is 0.524. The van der Waals surface area contributed by atoms with Crippen molar-refractivity contribution in [2.75, 3.05) is 37.7 Å². The molecule has 3 heterocycles. The van der Waals surface area contributed by atoms with E-state index in [9.17, 15) is 4.79 Å². The molecule has 0 aliphatic carbocycles. The lowest BCUT2D eigenvalue weighted by atomic mass is 9.96. The molecule has 0 bridgehead atoms. The van der Waals surface area contributed by atoms with Crippen LogP contribution in [-0.2, 0) is 22.5 Å². The molecule has 154 valence electrons. The van der Waals surface area contributed by atoms with E-state index in [1.807, 2.05) is 20.8 Å². The van der Waals surface area contributed by atoms with Gasteiger partial charge in [-0.15, -0.1) is 5.10 Å². The fourth-order valence-corrected chi connectivity index (χ4v) is 3.61. The van der Waals surface area contributed by atoms with Crippen LogP contribution in [0.25, 0.3) is 11.3 Å². The molecule has 0 N–H and O–H groups in total. The Kier molecular flexibility index (Phi) is 5.36. The first-order valence-electron chi connectivity index (χ1n) is 10.0. The van der Waals surface area contributed by atoms with Gasteiger partial charge in [-0.1, -0.05) is 18.2 Å². The molecule has 1 aromatic carbocycles. The van der Waals surface area contributed by atoms with Gasteiger partial charge >= 0.3 is 6.09 Å². The van der Waals surface area contributed by atoms with Crippen LogP contribution in [-0.4, -0.2) is 64.6 Å². The molecule has 2 aliphatic heterocycles. The minimum absolute atomic E-state index is 0.277. The summed E-state index contributed by atoms with van der Waals surface area (Å²) in [5, 5.41) is 8.42. The zero-order chi connectivity index (χ0) is 20.4. The molecule has 0 radical (unpaired) electrons. The molecule has 0 spiro atoms. The molecule has 2 aliphatic rings. The molecular weight excluding hydrogens is 370 g/mol. The van der Waals surface area contributed by atoms with Crippen LogP contribution in [0.1, 0.15) is 31.9 Å². The van der Waals surface area contributed by atoms with Crippen molar-refractivity contribution in [3.05, 3.63) is 35.5 Å². The smallest absolute Gasteiger partial charge is 0.410 e. The first-order valence-corrected chi connectivity index (χ1v) is 10.0. The lowest BCUT2D eigenvalue weighted by molar-refractivity contribution is 0.0240. The maximum atomic E-state index is 12.3. The van der Waals surface area contributed by atoms with Crippen LogP contribution in [0.3, 0.4) is 0 Å². The number of benzene rings is 1. The summed E-state index contributed by atoms with van der Waals surface area (Å²) in [6.45, 7) is 9.39. The number of carbonyl (C=O) groups is 1. The molecule has 1 saturated heterocycles. The van der Waals surface area contributed by atoms with E-state index in [2.05, 4.69) is 33.3 Å². The predicted octanol–water partition coefficient (Wildman–Crippen LogP) is 2.67. The highest BCUT2D eigenvalue weighted by Crippen LogP contribution is 2.28. The zero-order valence-electron chi connectivity index (χ0n) is 17.2. The van der Waals surface area contributed by atoms with Gasteiger partial charge in [-0.3, -0.25) is 0 Å². The van der Waals surface area contributed by atoms with Gasteiger partial charge in [0.2, 0.25) is 5.95 Å². The quantitative estimate of drug-likeness (QED) is 0.771. The van der Waals surface area contributed by atoms with Crippen molar-refractivity contribution < 1.29 is 14.3 Å². The van der Waals surface area contributed by atoms with Gasteiger partial charge in [0.15, 0.2) is 0 Å². The molecule has 2 aromatic rings. The Morgan fingerprint density at radius 2 is 1.97 bits per heavy atom. The molecule has 1 aromatic heterocycles. The van der Waals surface area contributed by atoms with Crippen molar-refractivity contribution in [2.24, 2.45) is 0 Å². The largest absolute Gasteiger partial charge is 0.444 e. The zero-order valence-corrected chi connectivity index (χ0v) is 17.2. The van der Waals surface area contributed by atoms with Crippen molar-refractivity contribution in [1.82, 2.24) is 20.1 Å². The SMILES string of the molecule is CC(C)(C)OC(=O)N1CCN(c2nncc(-c3cccc4c3COCC4)n2)CC1. The number of aromatic nitrogens is 3. The molecule has 8 heteroatoms. The number of anilines is 1. The van der Waals surface area contributed by atoms with Gasteiger partial charge < -0.3 is 19.3 Å². The Labute approximate surface area is 170 Å². The molecule has 0 atom stereocenters. The van der Waals surface area contributed by atoms with Crippen LogP contribution in [0.4, 0.5) is 10.7 Å². The van der Waals surface area contributed by atoms with E-state index in [0.29, 0.717) is 38.7 Å². The Balaban J connectivity index is 1.48. The molecule has 0 unspecified atom stereocenters. The normalized spacial score (nSPS) is 17.1. The van der Waals surface area contributed by atoms with E-state index in [1.165, 1.54) is 11.1 Å². The summed E-state index contributed by atoms with van der Waals surface area (Å²) in [7, 11) is 0. The molecule has 4 rings (SSSR count). The van der Waals surface area contributed by atoms with Gasteiger partial charge in [0.25, 0.3) is 0 Å². The second kappa shape index (κ2) is 7.94. The number of ether oxygens (including phenoxy) is 2. The number of hydrogen-bond acceptors (Lipinski definition) is 7. The summed E-state index contributed by atoms with van der Waals surface area (Å²) in [5.41, 5.74) is 3.84. The Bertz CT molecular complexity index is 888. The van der Waals surface area contributed by atoms with E-state index in [1.54, 1.807) is 11.1 Å². The first kappa shape index (κ1) is 19.6. The van der Waals surface area contributed by atoms with Crippen molar-refractivity contribution >= 4 is 12.0 Å². The fourth-order valence-electron chi connectivity index (χ4n) is 3.61.